The van der Waals surface area contributed by atoms with E-state index in [2.05, 4.69) is 46.6 Å². The maximum Gasteiger partial charge on any atom is 0.281 e. The second-order valence-electron chi connectivity index (χ2n) is 6.42. The summed E-state index contributed by atoms with van der Waals surface area (Å²) in [5.41, 5.74) is 2.87. The minimum atomic E-state index is -0.0449. The van der Waals surface area contributed by atoms with Gasteiger partial charge in [-0.3, -0.25) is 9.36 Å². The van der Waals surface area contributed by atoms with Crippen molar-refractivity contribution in [2.24, 2.45) is 0 Å². The van der Waals surface area contributed by atoms with Gasteiger partial charge in [0.2, 0.25) is 5.95 Å². The molecule has 1 atom stereocenters. The van der Waals surface area contributed by atoms with E-state index in [4.69, 9.17) is 0 Å². The maximum atomic E-state index is 12.7. The molecule has 1 unspecified atom stereocenters. The summed E-state index contributed by atoms with van der Waals surface area (Å²) in [5.74, 6) is 1.62. The number of nitrogens with one attached hydrogen (secondary N) is 1. The van der Waals surface area contributed by atoms with Gasteiger partial charge in [0.1, 0.15) is 5.82 Å². The zero-order valence-corrected chi connectivity index (χ0v) is 13.4. The van der Waals surface area contributed by atoms with Gasteiger partial charge in [0.25, 0.3) is 5.56 Å². The van der Waals surface area contributed by atoms with Gasteiger partial charge < -0.3 is 5.32 Å². The van der Waals surface area contributed by atoms with Gasteiger partial charge in [0, 0.05) is 5.92 Å². The number of anilines is 1. The second kappa shape index (κ2) is 4.94. The normalized spacial score (nSPS) is 16.8. The summed E-state index contributed by atoms with van der Waals surface area (Å²) in [7, 11) is 0. The molecule has 0 radical (unpaired) electrons. The fourth-order valence-electron chi connectivity index (χ4n) is 3.04. The first kappa shape index (κ1) is 14.0. The van der Waals surface area contributed by atoms with Crippen LogP contribution in [0.2, 0.25) is 0 Å². The van der Waals surface area contributed by atoms with Crippen molar-refractivity contribution in [3.8, 4) is 0 Å². The third kappa shape index (κ3) is 2.13. The summed E-state index contributed by atoms with van der Waals surface area (Å²) in [6.07, 6.45) is 1.62. The van der Waals surface area contributed by atoms with E-state index >= 15 is 0 Å². The standard InChI is InChI=1S/C17H19N5O/c1-10(2)15-18-8-14-16(23)21-9-13(19-17(21)20-22(14)15)12-6-4-11(3)5-7-12/h4-8,10,13H,9H2,1-3H3,(H,19,20). The molecule has 6 heteroatoms. The van der Waals surface area contributed by atoms with Crippen LogP contribution in [0.15, 0.2) is 35.3 Å². The van der Waals surface area contributed by atoms with Crippen LogP contribution in [-0.2, 0) is 6.54 Å². The number of imidazole rings is 1. The van der Waals surface area contributed by atoms with E-state index < -0.39 is 0 Å². The van der Waals surface area contributed by atoms with E-state index in [-0.39, 0.29) is 17.5 Å². The molecule has 0 saturated carbocycles. The number of aromatic nitrogens is 4. The number of rotatable bonds is 2. The van der Waals surface area contributed by atoms with E-state index in [0.29, 0.717) is 18.0 Å². The lowest BCUT2D eigenvalue weighted by atomic mass is 10.1. The van der Waals surface area contributed by atoms with Gasteiger partial charge in [-0.1, -0.05) is 43.7 Å². The molecule has 3 aromatic rings. The van der Waals surface area contributed by atoms with Crippen molar-refractivity contribution in [3.05, 3.63) is 57.8 Å². The fraction of sp³-hybridized carbons (Fsp3) is 0.353. The molecule has 118 valence electrons. The van der Waals surface area contributed by atoms with Crippen LogP contribution in [0.5, 0.6) is 0 Å². The molecule has 1 aliphatic rings. The zero-order valence-electron chi connectivity index (χ0n) is 13.4. The van der Waals surface area contributed by atoms with Crippen molar-refractivity contribution in [1.29, 1.82) is 0 Å². The lowest BCUT2D eigenvalue weighted by molar-refractivity contribution is 0.651. The van der Waals surface area contributed by atoms with Crippen LogP contribution in [0.25, 0.3) is 5.52 Å². The van der Waals surface area contributed by atoms with E-state index in [1.165, 1.54) is 5.56 Å². The zero-order chi connectivity index (χ0) is 16.1. The first-order chi connectivity index (χ1) is 11.0. The number of fused-ring (bicyclic) bond motifs is 2. The van der Waals surface area contributed by atoms with Crippen molar-refractivity contribution in [3.63, 3.8) is 0 Å². The van der Waals surface area contributed by atoms with Gasteiger partial charge in [-0.15, -0.1) is 5.10 Å². The predicted octanol–water partition coefficient (Wildman–Crippen LogP) is 2.49. The average molecular weight is 309 g/mol. The molecule has 3 heterocycles. The number of benzene rings is 1. The fourth-order valence-corrected chi connectivity index (χ4v) is 3.04. The number of hydrogen-bond acceptors (Lipinski definition) is 4. The van der Waals surface area contributed by atoms with Crippen molar-refractivity contribution in [2.75, 3.05) is 5.32 Å². The Labute approximate surface area is 133 Å². The van der Waals surface area contributed by atoms with Gasteiger partial charge in [0.15, 0.2) is 5.52 Å². The molecule has 1 aliphatic heterocycles. The van der Waals surface area contributed by atoms with Crippen molar-refractivity contribution >= 4 is 11.5 Å². The van der Waals surface area contributed by atoms with Crippen molar-refractivity contribution in [2.45, 2.75) is 39.3 Å². The Bertz CT molecular complexity index is 936. The molecule has 0 fully saturated rings. The quantitative estimate of drug-likeness (QED) is 0.790. The Morgan fingerprint density at radius 3 is 2.70 bits per heavy atom. The molecule has 2 aromatic heterocycles. The summed E-state index contributed by atoms with van der Waals surface area (Å²) in [6.45, 7) is 6.74. The number of aryl methyl sites for hydroxylation is 1. The Hall–Kier alpha value is -2.63. The highest BCUT2D eigenvalue weighted by Gasteiger charge is 2.26. The minimum Gasteiger partial charge on any atom is -0.346 e. The van der Waals surface area contributed by atoms with Crippen molar-refractivity contribution < 1.29 is 0 Å². The lowest BCUT2D eigenvalue weighted by Gasteiger charge is -2.10. The molecule has 1 N–H and O–H groups in total. The third-order valence-electron chi connectivity index (χ3n) is 4.34. The van der Waals surface area contributed by atoms with Gasteiger partial charge >= 0.3 is 0 Å². The Kier molecular flexibility index (Phi) is 3.01. The van der Waals surface area contributed by atoms with E-state index in [0.717, 1.165) is 11.4 Å². The highest BCUT2D eigenvalue weighted by atomic mass is 16.1. The Balaban J connectivity index is 1.79. The van der Waals surface area contributed by atoms with E-state index in [9.17, 15) is 4.79 Å². The van der Waals surface area contributed by atoms with Crippen LogP contribution < -0.4 is 10.9 Å². The summed E-state index contributed by atoms with van der Waals surface area (Å²) in [5, 5.41) is 7.96. The van der Waals surface area contributed by atoms with Crippen LogP contribution in [0.3, 0.4) is 0 Å². The first-order valence-electron chi connectivity index (χ1n) is 7.86. The molecule has 0 saturated heterocycles. The highest BCUT2D eigenvalue weighted by Crippen LogP contribution is 2.27. The van der Waals surface area contributed by atoms with Gasteiger partial charge in [-0.2, -0.15) is 0 Å². The molecule has 1 aromatic carbocycles. The first-order valence-corrected chi connectivity index (χ1v) is 7.86. The highest BCUT2D eigenvalue weighted by molar-refractivity contribution is 5.48. The van der Waals surface area contributed by atoms with Crippen LogP contribution in [0, 0.1) is 6.92 Å². The Morgan fingerprint density at radius 1 is 1.26 bits per heavy atom. The summed E-state index contributed by atoms with van der Waals surface area (Å²) < 4.78 is 3.37. The van der Waals surface area contributed by atoms with Gasteiger partial charge in [-0.05, 0) is 12.5 Å². The Morgan fingerprint density at radius 2 is 2.00 bits per heavy atom. The predicted molar refractivity (Wildman–Crippen MR) is 88.9 cm³/mol. The smallest absolute Gasteiger partial charge is 0.281 e. The summed E-state index contributed by atoms with van der Waals surface area (Å²) in [4.78, 5) is 17.1. The van der Waals surface area contributed by atoms with Crippen LogP contribution >= 0.6 is 0 Å². The number of hydrogen-bond donors (Lipinski definition) is 1. The number of nitrogens with zero attached hydrogens (tertiary/aromatic N) is 4. The molecule has 23 heavy (non-hydrogen) atoms. The van der Waals surface area contributed by atoms with E-state index in [1.807, 2.05) is 13.8 Å². The molecule has 0 amide bonds. The van der Waals surface area contributed by atoms with E-state index in [1.54, 1.807) is 15.3 Å². The van der Waals surface area contributed by atoms with Gasteiger partial charge in [-0.25, -0.2) is 9.50 Å². The lowest BCUT2D eigenvalue weighted by Crippen LogP contribution is -2.22. The third-order valence-corrected chi connectivity index (χ3v) is 4.34. The second-order valence-corrected chi connectivity index (χ2v) is 6.42. The summed E-state index contributed by atoms with van der Waals surface area (Å²) in [6, 6.07) is 8.43. The van der Waals surface area contributed by atoms with Crippen LogP contribution in [-0.4, -0.2) is 19.2 Å². The van der Waals surface area contributed by atoms with Crippen molar-refractivity contribution in [1.82, 2.24) is 19.2 Å². The topological polar surface area (TPSA) is 64.2 Å². The van der Waals surface area contributed by atoms with Crippen LogP contribution in [0.1, 0.15) is 42.8 Å². The minimum absolute atomic E-state index is 0.0449. The molecule has 0 spiro atoms. The molecular formula is C17H19N5O. The maximum absolute atomic E-state index is 12.7. The molecular weight excluding hydrogens is 290 g/mol. The monoisotopic (exact) mass is 309 g/mol. The molecule has 0 bridgehead atoms. The summed E-state index contributed by atoms with van der Waals surface area (Å²) >= 11 is 0. The largest absolute Gasteiger partial charge is 0.346 e. The average Bonchev–Trinajstić information content (AvgIpc) is 3.12. The molecule has 4 rings (SSSR count). The molecule has 6 nitrogen and oxygen atoms in total. The van der Waals surface area contributed by atoms with Crippen LogP contribution in [0.4, 0.5) is 5.95 Å². The SMILES string of the molecule is Cc1ccc(C2Cn3c(nn4c(C(C)C)ncc4c3=O)N2)cc1. The van der Waals surface area contributed by atoms with Gasteiger partial charge in [0.05, 0.1) is 18.8 Å². The molecule has 0 aliphatic carbocycles.